The second-order valence-electron chi connectivity index (χ2n) is 4.31. The lowest BCUT2D eigenvalue weighted by atomic mass is 9.97. The molecule has 1 saturated heterocycles. The number of benzene rings is 1. The van der Waals surface area contributed by atoms with Crippen molar-refractivity contribution in [3.63, 3.8) is 0 Å². The average Bonchev–Trinajstić information content (AvgIpc) is 2.30. The van der Waals surface area contributed by atoms with Crippen LogP contribution in [0.4, 0.5) is 4.39 Å². The van der Waals surface area contributed by atoms with Crippen LogP contribution in [0.5, 0.6) is 5.75 Å². The van der Waals surface area contributed by atoms with Crippen LogP contribution in [0, 0.1) is 11.7 Å². The summed E-state index contributed by atoms with van der Waals surface area (Å²) >= 11 is 0. The van der Waals surface area contributed by atoms with Gasteiger partial charge in [-0.25, -0.2) is 4.39 Å². The summed E-state index contributed by atoms with van der Waals surface area (Å²) in [5, 5.41) is 3.38. The van der Waals surface area contributed by atoms with Gasteiger partial charge in [0.25, 0.3) is 0 Å². The lowest BCUT2D eigenvalue weighted by Crippen LogP contribution is -2.30. The Hall–Kier alpha value is -1.09. The van der Waals surface area contributed by atoms with Gasteiger partial charge in [0.05, 0.1) is 6.61 Å². The summed E-state index contributed by atoms with van der Waals surface area (Å²) in [7, 11) is 0. The molecular weight excluding hydrogens is 205 g/mol. The van der Waals surface area contributed by atoms with E-state index in [1.807, 2.05) is 0 Å². The quantitative estimate of drug-likeness (QED) is 0.847. The molecular formula is C13H18FNO. The van der Waals surface area contributed by atoms with Gasteiger partial charge in [-0.3, -0.25) is 0 Å². The number of hydrogen-bond acceptors (Lipinski definition) is 2. The van der Waals surface area contributed by atoms with Crippen molar-refractivity contribution in [2.75, 3.05) is 19.7 Å². The van der Waals surface area contributed by atoms with Crippen molar-refractivity contribution in [1.82, 2.24) is 5.32 Å². The van der Waals surface area contributed by atoms with Crippen LogP contribution >= 0.6 is 0 Å². The summed E-state index contributed by atoms with van der Waals surface area (Å²) in [6.45, 7) is 2.91. The molecule has 0 saturated carbocycles. The summed E-state index contributed by atoms with van der Waals surface area (Å²) in [5.41, 5.74) is 0. The Bertz CT molecular complexity index is 323. The molecule has 1 heterocycles. The number of piperidine rings is 1. The van der Waals surface area contributed by atoms with Gasteiger partial charge in [-0.15, -0.1) is 0 Å². The number of ether oxygens (including phenoxy) is 1. The lowest BCUT2D eigenvalue weighted by Gasteiger charge is -2.22. The molecule has 0 aliphatic carbocycles. The van der Waals surface area contributed by atoms with Gasteiger partial charge in [0.2, 0.25) is 0 Å². The Morgan fingerprint density at radius 1 is 1.44 bits per heavy atom. The van der Waals surface area contributed by atoms with Crippen molar-refractivity contribution in [2.24, 2.45) is 5.92 Å². The van der Waals surface area contributed by atoms with E-state index in [0.717, 1.165) is 19.5 Å². The van der Waals surface area contributed by atoms with Crippen molar-refractivity contribution in [1.29, 1.82) is 0 Å². The Labute approximate surface area is 95.8 Å². The van der Waals surface area contributed by atoms with Crippen LogP contribution in [0.2, 0.25) is 0 Å². The number of halogens is 1. The molecule has 0 bridgehead atoms. The van der Waals surface area contributed by atoms with E-state index in [1.54, 1.807) is 12.1 Å². The SMILES string of the molecule is Fc1cccc(OCC[C@@H]2CCCNC2)c1. The van der Waals surface area contributed by atoms with E-state index in [4.69, 9.17) is 4.74 Å². The van der Waals surface area contributed by atoms with Gasteiger partial charge in [-0.05, 0) is 50.4 Å². The third kappa shape index (κ3) is 3.49. The van der Waals surface area contributed by atoms with E-state index in [-0.39, 0.29) is 5.82 Å². The van der Waals surface area contributed by atoms with E-state index in [9.17, 15) is 4.39 Å². The van der Waals surface area contributed by atoms with Crippen LogP contribution in [0.1, 0.15) is 19.3 Å². The van der Waals surface area contributed by atoms with Crippen molar-refractivity contribution in [3.05, 3.63) is 30.1 Å². The maximum Gasteiger partial charge on any atom is 0.126 e. The summed E-state index contributed by atoms with van der Waals surface area (Å²) in [6.07, 6.45) is 3.58. The highest BCUT2D eigenvalue weighted by Gasteiger charge is 2.12. The van der Waals surface area contributed by atoms with Crippen LogP contribution in [0.25, 0.3) is 0 Å². The molecule has 3 heteroatoms. The van der Waals surface area contributed by atoms with Crippen LogP contribution in [0.3, 0.4) is 0 Å². The highest BCUT2D eigenvalue weighted by molar-refractivity contribution is 5.22. The fourth-order valence-corrected chi connectivity index (χ4v) is 2.07. The van der Waals surface area contributed by atoms with Gasteiger partial charge in [-0.1, -0.05) is 6.07 Å². The fraction of sp³-hybridized carbons (Fsp3) is 0.538. The largest absolute Gasteiger partial charge is 0.493 e. The van der Waals surface area contributed by atoms with E-state index < -0.39 is 0 Å². The monoisotopic (exact) mass is 223 g/mol. The minimum absolute atomic E-state index is 0.239. The summed E-state index contributed by atoms with van der Waals surface area (Å²) in [4.78, 5) is 0. The smallest absolute Gasteiger partial charge is 0.126 e. The van der Waals surface area contributed by atoms with E-state index in [2.05, 4.69) is 5.32 Å². The van der Waals surface area contributed by atoms with Gasteiger partial charge in [0.1, 0.15) is 11.6 Å². The van der Waals surface area contributed by atoms with E-state index in [0.29, 0.717) is 18.3 Å². The topological polar surface area (TPSA) is 21.3 Å². The molecule has 1 N–H and O–H groups in total. The summed E-state index contributed by atoms with van der Waals surface area (Å²) < 4.78 is 18.4. The molecule has 1 aromatic rings. The first-order chi connectivity index (χ1) is 7.84. The first-order valence-corrected chi connectivity index (χ1v) is 5.94. The standard InChI is InChI=1S/C13H18FNO/c14-12-4-1-5-13(9-12)16-8-6-11-3-2-7-15-10-11/h1,4-5,9,11,15H,2-3,6-8,10H2/t11-/m0/s1. The molecule has 88 valence electrons. The molecule has 0 unspecified atom stereocenters. The van der Waals surface area contributed by atoms with Crippen molar-refractivity contribution >= 4 is 0 Å². The zero-order valence-corrected chi connectivity index (χ0v) is 9.42. The van der Waals surface area contributed by atoms with Gasteiger partial charge in [-0.2, -0.15) is 0 Å². The van der Waals surface area contributed by atoms with Gasteiger partial charge < -0.3 is 10.1 Å². The lowest BCUT2D eigenvalue weighted by molar-refractivity contribution is 0.253. The molecule has 1 aliphatic heterocycles. The molecule has 1 aromatic carbocycles. The summed E-state index contributed by atoms with van der Waals surface area (Å²) in [6, 6.07) is 6.33. The maximum atomic E-state index is 12.9. The number of hydrogen-bond donors (Lipinski definition) is 1. The predicted molar refractivity (Wildman–Crippen MR) is 62.1 cm³/mol. The number of rotatable bonds is 4. The van der Waals surface area contributed by atoms with Crippen molar-refractivity contribution < 1.29 is 9.13 Å². The Kier molecular flexibility index (Phi) is 4.17. The molecule has 2 nitrogen and oxygen atoms in total. The van der Waals surface area contributed by atoms with E-state index in [1.165, 1.54) is 25.0 Å². The highest BCUT2D eigenvalue weighted by Crippen LogP contribution is 2.16. The highest BCUT2D eigenvalue weighted by atomic mass is 19.1. The van der Waals surface area contributed by atoms with E-state index >= 15 is 0 Å². The third-order valence-electron chi connectivity index (χ3n) is 2.99. The first-order valence-electron chi connectivity index (χ1n) is 5.94. The second kappa shape index (κ2) is 5.85. The second-order valence-corrected chi connectivity index (χ2v) is 4.31. The van der Waals surface area contributed by atoms with Crippen LogP contribution in [-0.4, -0.2) is 19.7 Å². The molecule has 1 atom stereocenters. The maximum absolute atomic E-state index is 12.9. The van der Waals surface area contributed by atoms with Gasteiger partial charge in [0, 0.05) is 6.07 Å². The molecule has 2 rings (SSSR count). The molecule has 0 spiro atoms. The van der Waals surface area contributed by atoms with Crippen molar-refractivity contribution in [3.8, 4) is 5.75 Å². The van der Waals surface area contributed by atoms with Gasteiger partial charge in [0.15, 0.2) is 0 Å². The molecule has 16 heavy (non-hydrogen) atoms. The minimum atomic E-state index is -0.239. The molecule has 1 fully saturated rings. The van der Waals surface area contributed by atoms with Crippen LogP contribution in [-0.2, 0) is 0 Å². The zero-order chi connectivity index (χ0) is 11.2. The predicted octanol–water partition coefficient (Wildman–Crippen LogP) is 2.59. The third-order valence-corrected chi connectivity index (χ3v) is 2.99. The normalized spacial score (nSPS) is 20.7. The molecule has 0 aromatic heterocycles. The fourth-order valence-electron chi connectivity index (χ4n) is 2.07. The number of nitrogens with one attached hydrogen (secondary N) is 1. The minimum Gasteiger partial charge on any atom is -0.493 e. The van der Waals surface area contributed by atoms with Crippen LogP contribution < -0.4 is 10.1 Å². The first kappa shape index (κ1) is 11.4. The van der Waals surface area contributed by atoms with Crippen molar-refractivity contribution in [2.45, 2.75) is 19.3 Å². The molecule has 0 amide bonds. The Morgan fingerprint density at radius 3 is 3.12 bits per heavy atom. The molecule has 1 aliphatic rings. The Balaban J connectivity index is 1.71. The van der Waals surface area contributed by atoms with Crippen LogP contribution in [0.15, 0.2) is 24.3 Å². The zero-order valence-electron chi connectivity index (χ0n) is 9.42. The van der Waals surface area contributed by atoms with Gasteiger partial charge >= 0.3 is 0 Å². The summed E-state index contributed by atoms with van der Waals surface area (Å²) in [5.74, 6) is 1.10. The average molecular weight is 223 g/mol. The Morgan fingerprint density at radius 2 is 2.38 bits per heavy atom. The molecule has 0 radical (unpaired) electrons.